The molecule has 0 aliphatic heterocycles. The van der Waals surface area contributed by atoms with Gasteiger partial charge >= 0.3 is 5.97 Å². The van der Waals surface area contributed by atoms with Gasteiger partial charge in [-0.3, -0.25) is 4.79 Å². The van der Waals surface area contributed by atoms with Crippen LogP contribution in [0.4, 0.5) is 0 Å². The van der Waals surface area contributed by atoms with E-state index in [9.17, 15) is 4.79 Å². The summed E-state index contributed by atoms with van der Waals surface area (Å²) >= 11 is 3.33. The van der Waals surface area contributed by atoms with Crippen molar-refractivity contribution in [3.8, 4) is 0 Å². The number of carboxylic acids is 1. The molecule has 1 N–H and O–H groups in total. The molecular weight excluding hydrogens is 262 g/mol. The van der Waals surface area contributed by atoms with Gasteiger partial charge in [0.2, 0.25) is 0 Å². The molecule has 0 aliphatic rings. The highest BCUT2D eigenvalue weighted by Gasteiger charge is 2.18. The van der Waals surface area contributed by atoms with Crippen molar-refractivity contribution in [1.29, 1.82) is 0 Å². The van der Waals surface area contributed by atoms with Crippen molar-refractivity contribution in [3.63, 3.8) is 0 Å². The maximum atomic E-state index is 10.9. The smallest absolute Gasteiger partial charge is 0.310 e. The average Bonchev–Trinajstić information content (AvgIpc) is 2.62. The zero-order chi connectivity index (χ0) is 11.0. The van der Waals surface area contributed by atoms with E-state index in [1.807, 2.05) is 0 Å². The highest BCUT2D eigenvalue weighted by molar-refractivity contribution is 9.10. The Bertz CT molecular complexity index is 520. The van der Waals surface area contributed by atoms with Gasteiger partial charge in [0, 0.05) is 4.47 Å². The van der Waals surface area contributed by atoms with Gasteiger partial charge in [0.1, 0.15) is 5.52 Å². The molecule has 0 fully saturated rings. The fourth-order valence-corrected chi connectivity index (χ4v) is 2.03. The second-order valence-corrected chi connectivity index (χ2v) is 4.11. The maximum Gasteiger partial charge on any atom is 0.310 e. The summed E-state index contributed by atoms with van der Waals surface area (Å²) in [7, 11) is 0. The standard InChI is InChI=1S/C10H8BrNO3/c1-5(10(13)14)6-2-9-8(3-7(6)11)12-4-15-9/h2-5H,1H3,(H,13,14). The van der Waals surface area contributed by atoms with Crippen LogP contribution < -0.4 is 0 Å². The van der Waals surface area contributed by atoms with Gasteiger partial charge in [-0.15, -0.1) is 0 Å². The largest absolute Gasteiger partial charge is 0.481 e. The van der Waals surface area contributed by atoms with E-state index < -0.39 is 11.9 Å². The summed E-state index contributed by atoms with van der Waals surface area (Å²) in [6, 6.07) is 3.46. The molecule has 1 aromatic carbocycles. The van der Waals surface area contributed by atoms with Gasteiger partial charge in [-0.1, -0.05) is 15.9 Å². The Morgan fingerprint density at radius 1 is 1.60 bits per heavy atom. The Hall–Kier alpha value is -1.36. The van der Waals surface area contributed by atoms with Gasteiger partial charge < -0.3 is 9.52 Å². The summed E-state index contributed by atoms with van der Waals surface area (Å²) in [4.78, 5) is 14.8. The van der Waals surface area contributed by atoms with E-state index >= 15 is 0 Å². The molecule has 2 aromatic rings. The molecule has 15 heavy (non-hydrogen) atoms. The molecule has 0 spiro atoms. The quantitative estimate of drug-likeness (QED) is 0.911. The lowest BCUT2D eigenvalue weighted by Crippen LogP contribution is -2.07. The van der Waals surface area contributed by atoms with Gasteiger partial charge in [0.15, 0.2) is 12.0 Å². The fourth-order valence-electron chi connectivity index (χ4n) is 1.36. The zero-order valence-electron chi connectivity index (χ0n) is 7.90. The van der Waals surface area contributed by atoms with Crippen molar-refractivity contribution >= 4 is 33.0 Å². The third-order valence-corrected chi connectivity index (χ3v) is 2.97. The number of halogens is 1. The lowest BCUT2D eigenvalue weighted by molar-refractivity contribution is -0.138. The molecule has 78 valence electrons. The third-order valence-electron chi connectivity index (χ3n) is 2.29. The molecule has 1 aromatic heterocycles. The molecule has 1 unspecified atom stereocenters. The first kappa shape index (κ1) is 10.2. The van der Waals surface area contributed by atoms with Crippen LogP contribution in [0, 0.1) is 0 Å². The minimum Gasteiger partial charge on any atom is -0.481 e. The normalized spacial score (nSPS) is 12.9. The van der Waals surface area contributed by atoms with Gasteiger partial charge in [0.05, 0.1) is 5.92 Å². The second-order valence-electron chi connectivity index (χ2n) is 3.25. The van der Waals surface area contributed by atoms with Crippen LogP contribution in [0.15, 0.2) is 27.4 Å². The highest BCUT2D eigenvalue weighted by Crippen LogP contribution is 2.29. The molecule has 2 rings (SSSR count). The van der Waals surface area contributed by atoms with Crippen LogP contribution in [0.1, 0.15) is 18.4 Å². The van der Waals surface area contributed by atoms with E-state index in [2.05, 4.69) is 20.9 Å². The maximum absolute atomic E-state index is 10.9. The molecule has 5 heteroatoms. The second kappa shape index (κ2) is 3.66. The van der Waals surface area contributed by atoms with Crippen molar-refractivity contribution in [2.75, 3.05) is 0 Å². The van der Waals surface area contributed by atoms with Crippen molar-refractivity contribution in [3.05, 3.63) is 28.6 Å². The Labute approximate surface area is 94.0 Å². The predicted molar refractivity (Wildman–Crippen MR) is 57.8 cm³/mol. The highest BCUT2D eigenvalue weighted by atomic mass is 79.9. The minimum atomic E-state index is -0.866. The summed E-state index contributed by atoms with van der Waals surface area (Å²) in [5.74, 6) is -1.44. The number of oxazole rings is 1. The van der Waals surface area contributed by atoms with Crippen molar-refractivity contribution in [2.24, 2.45) is 0 Å². The van der Waals surface area contributed by atoms with Crippen LogP contribution in [0.5, 0.6) is 0 Å². The Kier molecular flexibility index (Phi) is 2.48. The Balaban J connectivity index is 2.59. The summed E-state index contributed by atoms with van der Waals surface area (Å²) in [6.45, 7) is 1.63. The molecule has 1 atom stereocenters. The van der Waals surface area contributed by atoms with Crippen LogP contribution in [-0.4, -0.2) is 16.1 Å². The van der Waals surface area contributed by atoms with Crippen molar-refractivity contribution < 1.29 is 14.3 Å². The number of nitrogens with zero attached hydrogens (tertiary/aromatic N) is 1. The molecule has 0 saturated carbocycles. The Morgan fingerprint density at radius 3 is 3.00 bits per heavy atom. The number of aromatic nitrogens is 1. The van der Waals surface area contributed by atoms with E-state index in [1.165, 1.54) is 6.39 Å². The lowest BCUT2D eigenvalue weighted by Gasteiger charge is -2.08. The number of hydrogen-bond acceptors (Lipinski definition) is 3. The first-order valence-corrected chi connectivity index (χ1v) is 5.14. The Morgan fingerprint density at radius 2 is 2.33 bits per heavy atom. The SMILES string of the molecule is CC(C(=O)O)c1cc2ocnc2cc1Br. The first-order chi connectivity index (χ1) is 7.09. The van der Waals surface area contributed by atoms with Crippen LogP contribution >= 0.6 is 15.9 Å². The molecule has 0 aliphatic carbocycles. The number of rotatable bonds is 2. The van der Waals surface area contributed by atoms with Gasteiger partial charge in [-0.05, 0) is 24.6 Å². The van der Waals surface area contributed by atoms with E-state index in [1.54, 1.807) is 19.1 Å². The monoisotopic (exact) mass is 269 g/mol. The van der Waals surface area contributed by atoms with E-state index in [0.29, 0.717) is 16.7 Å². The summed E-state index contributed by atoms with van der Waals surface area (Å²) in [5.41, 5.74) is 2.00. The number of benzene rings is 1. The molecule has 0 radical (unpaired) electrons. The topological polar surface area (TPSA) is 63.3 Å². The number of carbonyl (C=O) groups is 1. The zero-order valence-corrected chi connectivity index (χ0v) is 9.48. The van der Waals surface area contributed by atoms with E-state index in [0.717, 1.165) is 4.47 Å². The van der Waals surface area contributed by atoms with Crippen molar-refractivity contribution in [2.45, 2.75) is 12.8 Å². The number of fused-ring (bicyclic) bond motifs is 1. The predicted octanol–water partition coefficient (Wildman–Crippen LogP) is 2.78. The van der Waals surface area contributed by atoms with Gasteiger partial charge in [-0.25, -0.2) is 4.98 Å². The van der Waals surface area contributed by atoms with Gasteiger partial charge in [-0.2, -0.15) is 0 Å². The minimum absolute atomic E-state index is 0.575. The fraction of sp³-hybridized carbons (Fsp3) is 0.200. The summed E-state index contributed by atoms with van der Waals surface area (Å²) in [6.07, 6.45) is 1.34. The van der Waals surface area contributed by atoms with Crippen LogP contribution in [0.2, 0.25) is 0 Å². The molecular formula is C10H8BrNO3. The average molecular weight is 270 g/mol. The molecule has 4 nitrogen and oxygen atoms in total. The number of hydrogen-bond donors (Lipinski definition) is 1. The van der Waals surface area contributed by atoms with Crippen LogP contribution in [0.25, 0.3) is 11.1 Å². The summed E-state index contributed by atoms with van der Waals surface area (Å²) < 4.78 is 5.85. The summed E-state index contributed by atoms with van der Waals surface area (Å²) in [5, 5.41) is 8.92. The van der Waals surface area contributed by atoms with Crippen molar-refractivity contribution in [1.82, 2.24) is 4.98 Å². The third kappa shape index (κ3) is 1.74. The molecule has 1 heterocycles. The molecule has 0 saturated heterocycles. The van der Waals surface area contributed by atoms with E-state index in [-0.39, 0.29) is 0 Å². The van der Waals surface area contributed by atoms with Crippen LogP contribution in [0.3, 0.4) is 0 Å². The molecule has 0 bridgehead atoms. The van der Waals surface area contributed by atoms with Gasteiger partial charge in [0.25, 0.3) is 0 Å². The molecule has 0 amide bonds. The van der Waals surface area contributed by atoms with Crippen LogP contribution in [-0.2, 0) is 4.79 Å². The first-order valence-electron chi connectivity index (χ1n) is 4.35. The lowest BCUT2D eigenvalue weighted by atomic mass is 10.0. The number of carboxylic acid groups (broad SMARTS) is 1. The number of aliphatic carboxylic acids is 1. The van der Waals surface area contributed by atoms with E-state index in [4.69, 9.17) is 9.52 Å².